The topological polar surface area (TPSA) is 23.6 Å². The first-order chi connectivity index (χ1) is 25.1. The Bertz CT molecular complexity index is 769. The maximum absolute atomic E-state index is 12.8. The van der Waals surface area contributed by atoms with Gasteiger partial charge in [0.25, 0.3) is 0 Å². The van der Waals surface area contributed by atoms with E-state index in [4.69, 9.17) is 0 Å². The highest BCUT2D eigenvalue weighted by atomic mass is 16.2. The largest absolute Gasteiger partial charge is 0.345 e. The van der Waals surface area contributed by atoms with Crippen LogP contribution in [0, 0.1) is 17.8 Å². The molecular weight excluding hydrogens is 633 g/mol. The van der Waals surface area contributed by atoms with Gasteiger partial charge in [0.2, 0.25) is 5.91 Å². The van der Waals surface area contributed by atoms with Crippen LogP contribution in [0.4, 0.5) is 0 Å². The van der Waals surface area contributed by atoms with E-state index in [2.05, 4.69) is 60.5 Å². The van der Waals surface area contributed by atoms with Crippen molar-refractivity contribution in [1.82, 2.24) is 9.80 Å². The van der Waals surface area contributed by atoms with Crippen LogP contribution in [0.1, 0.15) is 247 Å². The van der Waals surface area contributed by atoms with Crippen molar-refractivity contribution in [3.8, 4) is 0 Å². The molecule has 52 heavy (non-hydrogen) atoms. The Morgan fingerprint density at radius 3 is 1.12 bits per heavy atom. The molecule has 0 aliphatic carbocycles. The molecule has 0 aliphatic rings. The Hall–Kier alpha value is -0.830. The van der Waals surface area contributed by atoms with Gasteiger partial charge in [-0.05, 0) is 77.4 Å². The maximum Gasteiger partial charge on any atom is 0.222 e. The molecule has 3 heteroatoms. The summed E-state index contributed by atoms with van der Waals surface area (Å²) in [5.74, 6) is 1.94. The fourth-order valence-corrected chi connectivity index (χ4v) is 8.23. The van der Waals surface area contributed by atoms with Gasteiger partial charge in [-0.1, -0.05) is 213 Å². The van der Waals surface area contributed by atoms with Gasteiger partial charge >= 0.3 is 0 Å². The quantitative estimate of drug-likeness (QED) is 0.0464. The van der Waals surface area contributed by atoms with Crippen molar-refractivity contribution in [3.63, 3.8) is 0 Å². The molecule has 0 saturated carbocycles. The summed E-state index contributed by atoms with van der Waals surface area (Å²) in [6, 6.07) is 0. The normalized spacial score (nSPS) is 13.4. The first-order valence-corrected chi connectivity index (χ1v) is 23.7. The third-order valence-corrected chi connectivity index (χ3v) is 12.6. The highest BCUT2D eigenvalue weighted by Crippen LogP contribution is 2.33. The summed E-state index contributed by atoms with van der Waals surface area (Å²) in [4.78, 5) is 17.0. The molecule has 3 unspecified atom stereocenters. The van der Waals surface area contributed by atoms with Crippen LogP contribution in [-0.4, -0.2) is 49.9 Å². The van der Waals surface area contributed by atoms with Crippen molar-refractivity contribution < 1.29 is 4.79 Å². The van der Waals surface area contributed by atoms with Gasteiger partial charge < -0.3 is 9.80 Å². The lowest BCUT2D eigenvalue weighted by Gasteiger charge is -2.31. The predicted octanol–water partition coefficient (Wildman–Crippen LogP) is 15.8. The first-order valence-electron chi connectivity index (χ1n) is 23.7. The lowest BCUT2D eigenvalue weighted by atomic mass is 9.78. The van der Waals surface area contributed by atoms with Crippen molar-refractivity contribution in [3.05, 3.63) is 11.1 Å². The highest BCUT2D eigenvalue weighted by molar-refractivity contribution is 5.75. The molecule has 0 bridgehead atoms. The van der Waals surface area contributed by atoms with Crippen LogP contribution < -0.4 is 0 Å². The molecule has 0 saturated heterocycles. The first kappa shape index (κ1) is 51.2. The van der Waals surface area contributed by atoms with Gasteiger partial charge in [0.15, 0.2) is 0 Å². The van der Waals surface area contributed by atoms with Crippen molar-refractivity contribution in [2.24, 2.45) is 17.8 Å². The minimum atomic E-state index is 0.303. The molecule has 3 atom stereocenters. The molecule has 0 heterocycles. The summed E-state index contributed by atoms with van der Waals surface area (Å²) in [5, 5.41) is 0. The van der Waals surface area contributed by atoms with Gasteiger partial charge in [-0.25, -0.2) is 0 Å². The maximum atomic E-state index is 12.8. The van der Waals surface area contributed by atoms with E-state index in [0.717, 1.165) is 19.5 Å². The van der Waals surface area contributed by atoms with Crippen LogP contribution in [0.2, 0.25) is 0 Å². The number of hydrogen-bond acceptors (Lipinski definition) is 2. The van der Waals surface area contributed by atoms with E-state index in [1.807, 2.05) is 11.9 Å². The number of nitrogens with zero attached hydrogens (tertiary/aromatic N) is 2. The molecule has 0 aromatic rings. The molecule has 0 N–H and O–H groups in total. The van der Waals surface area contributed by atoms with E-state index in [1.165, 1.54) is 193 Å². The monoisotopic (exact) mass is 731 g/mol. The van der Waals surface area contributed by atoms with Crippen molar-refractivity contribution >= 4 is 5.91 Å². The zero-order chi connectivity index (χ0) is 38.7. The summed E-state index contributed by atoms with van der Waals surface area (Å²) in [6.07, 6.45) is 44.2. The average Bonchev–Trinajstić information content (AvgIpc) is 3.12. The molecule has 0 aromatic heterocycles. The van der Waals surface area contributed by atoms with E-state index >= 15 is 0 Å². The minimum absolute atomic E-state index is 0.303. The standard InChI is InChI=1S/C49H98N2O/c1-10-12-14-16-18-20-22-24-26-28-30-32-34-36-39-48(40-37-35-33-31-29-27-25-23-21-19-17-15-13-11-2)47(6)46(5)45(4)44(3)43-51(9)49(52)41-38-42-50(7)8/h44-46H,10-43H2,1-9H3. The molecular formula is C49H98N2O. The van der Waals surface area contributed by atoms with Gasteiger partial charge in [0, 0.05) is 20.0 Å². The number of allylic oxidation sites excluding steroid dienone is 2. The molecule has 310 valence electrons. The van der Waals surface area contributed by atoms with Gasteiger partial charge in [-0.2, -0.15) is 0 Å². The lowest BCUT2D eigenvalue weighted by Crippen LogP contribution is -2.34. The van der Waals surface area contributed by atoms with E-state index in [0.29, 0.717) is 30.1 Å². The predicted molar refractivity (Wildman–Crippen MR) is 235 cm³/mol. The minimum Gasteiger partial charge on any atom is -0.345 e. The number of unbranched alkanes of at least 4 members (excludes halogenated alkanes) is 26. The van der Waals surface area contributed by atoms with Gasteiger partial charge in [0.1, 0.15) is 0 Å². The second-order valence-electron chi connectivity index (χ2n) is 17.8. The third kappa shape index (κ3) is 30.5. The van der Waals surface area contributed by atoms with E-state index in [-0.39, 0.29) is 0 Å². The van der Waals surface area contributed by atoms with Gasteiger partial charge in [-0.15, -0.1) is 0 Å². The number of rotatable bonds is 39. The molecule has 0 radical (unpaired) electrons. The Morgan fingerprint density at radius 1 is 0.462 bits per heavy atom. The van der Waals surface area contributed by atoms with E-state index in [1.54, 1.807) is 11.1 Å². The van der Waals surface area contributed by atoms with Crippen LogP contribution in [0.15, 0.2) is 11.1 Å². The highest BCUT2D eigenvalue weighted by Gasteiger charge is 2.24. The van der Waals surface area contributed by atoms with Crippen LogP contribution in [-0.2, 0) is 4.79 Å². The van der Waals surface area contributed by atoms with Crippen molar-refractivity contribution in [1.29, 1.82) is 0 Å². The van der Waals surface area contributed by atoms with Crippen molar-refractivity contribution in [2.75, 3.05) is 34.2 Å². The molecule has 0 aliphatic heterocycles. The summed E-state index contributed by atoms with van der Waals surface area (Å²) in [7, 11) is 6.19. The molecule has 0 aromatic carbocycles. The molecule has 0 fully saturated rings. The summed E-state index contributed by atoms with van der Waals surface area (Å²) in [5.41, 5.74) is 3.45. The fourth-order valence-electron chi connectivity index (χ4n) is 8.23. The third-order valence-electron chi connectivity index (χ3n) is 12.6. The van der Waals surface area contributed by atoms with Crippen LogP contribution >= 0.6 is 0 Å². The van der Waals surface area contributed by atoms with E-state index < -0.39 is 0 Å². The zero-order valence-electron chi connectivity index (χ0n) is 37.6. The number of amides is 1. The lowest BCUT2D eigenvalue weighted by molar-refractivity contribution is -0.130. The SMILES string of the molecule is CCCCCCCCCCCCCCCCC(CCCCCCCCCCCCCCCC)=C(C)C(C)C(C)C(C)CN(C)C(=O)CCCN(C)C. The Labute approximate surface area is 329 Å². The zero-order valence-corrected chi connectivity index (χ0v) is 37.6. The van der Waals surface area contributed by atoms with Crippen LogP contribution in [0.3, 0.4) is 0 Å². The van der Waals surface area contributed by atoms with Crippen LogP contribution in [0.25, 0.3) is 0 Å². The average molecular weight is 731 g/mol. The summed E-state index contributed by atoms with van der Waals surface area (Å²) < 4.78 is 0. The number of carbonyl (C=O) groups excluding carboxylic acids is 1. The Balaban J connectivity index is 4.74. The fraction of sp³-hybridized carbons (Fsp3) is 0.939. The van der Waals surface area contributed by atoms with E-state index in [9.17, 15) is 4.79 Å². The Morgan fingerprint density at radius 2 is 0.788 bits per heavy atom. The summed E-state index contributed by atoms with van der Waals surface area (Å²) in [6.45, 7) is 16.2. The smallest absolute Gasteiger partial charge is 0.222 e. The molecule has 0 rings (SSSR count). The number of carbonyl (C=O) groups is 1. The molecule has 3 nitrogen and oxygen atoms in total. The molecule has 1 amide bonds. The summed E-state index contributed by atoms with van der Waals surface area (Å²) >= 11 is 0. The van der Waals surface area contributed by atoms with Crippen molar-refractivity contribution in [2.45, 2.75) is 247 Å². The second-order valence-corrected chi connectivity index (χ2v) is 17.8. The second kappa shape index (κ2) is 37.1. The molecule has 0 spiro atoms. The van der Waals surface area contributed by atoms with Gasteiger partial charge in [0.05, 0.1) is 0 Å². The van der Waals surface area contributed by atoms with Crippen LogP contribution in [0.5, 0.6) is 0 Å². The van der Waals surface area contributed by atoms with Gasteiger partial charge in [-0.3, -0.25) is 4.79 Å². The number of hydrogen-bond donors (Lipinski definition) is 0. The Kier molecular flexibility index (Phi) is 36.5.